The topological polar surface area (TPSA) is 58.2 Å². The lowest BCUT2D eigenvalue weighted by atomic mass is 10.4. The monoisotopic (exact) mass is 206 g/mol. The van der Waals surface area contributed by atoms with Crippen molar-refractivity contribution >= 4 is 16.7 Å². The van der Waals surface area contributed by atoms with Crippen LogP contribution in [0.1, 0.15) is 13.3 Å². The number of carbonyl (C=O) groups excluding carboxylic acids is 1. The zero-order valence-corrected chi connectivity index (χ0v) is 9.08. The predicted octanol–water partition coefficient (Wildman–Crippen LogP) is -0.519. The van der Waals surface area contributed by atoms with Crippen LogP contribution in [0.2, 0.25) is 0 Å². The van der Waals surface area contributed by atoms with Crippen LogP contribution in [0.15, 0.2) is 0 Å². The Balaban J connectivity index is 3.16. The zero-order chi connectivity index (χ0) is 10.1. The van der Waals surface area contributed by atoms with Crippen LogP contribution in [0.5, 0.6) is 0 Å². The van der Waals surface area contributed by atoms with E-state index >= 15 is 0 Å². The Morgan fingerprint density at radius 2 is 2.08 bits per heavy atom. The van der Waals surface area contributed by atoms with Crippen LogP contribution in [-0.2, 0) is 15.6 Å². The molecule has 0 bridgehead atoms. The largest absolute Gasteiger partial charge is 0.356 e. The van der Waals surface area contributed by atoms with Gasteiger partial charge in [-0.3, -0.25) is 9.00 Å². The number of carbonyl (C=O) groups is 1. The first kappa shape index (κ1) is 12.6. The molecule has 0 spiro atoms. The molecule has 0 fully saturated rings. The molecule has 0 heterocycles. The summed E-state index contributed by atoms with van der Waals surface area (Å²) >= 11 is 0. The molecule has 78 valence electrons. The fourth-order valence-corrected chi connectivity index (χ4v) is 1.26. The summed E-state index contributed by atoms with van der Waals surface area (Å²) in [7, 11) is -0.746. The van der Waals surface area contributed by atoms with E-state index in [2.05, 4.69) is 10.6 Å². The van der Waals surface area contributed by atoms with Crippen molar-refractivity contribution in [2.24, 2.45) is 0 Å². The first-order valence-corrected chi connectivity index (χ1v) is 6.17. The zero-order valence-electron chi connectivity index (χ0n) is 8.26. The minimum Gasteiger partial charge on any atom is -0.356 e. The van der Waals surface area contributed by atoms with E-state index in [1.165, 1.54) is 0 Å². The molecule has 0 aromatic heterocycles. The van der Waals surface area contributed by atoms with Gasteiger partial charge >= 0.3 is 0 Å². The highest BCUT2D eigenvalue weighted by atomic mass is 32.2. The molecule has 0 aromatic carbocycles. The van der Waals surface area contributed by atoms with Crippen molar-refractivity contribution in [1.82, 2.24) is 10.6 Å². The maximum Gasteiger partial charge on any atom is 0.221 e. The van der Waals surface area contributed by atoms with Crippen LogP contribution in [0.25, 0.3) is 0 Å². The Labute approximate surface area is 81.9 Å². The molecule has 13 heavy (non-hydrogen) atoms. The third-order valence-corrected chi connectivity index (χ3v) is 2.25. The van der Waals surface area contributed by atoms with E-state index in [9.17, 15) is 9.00 Å². The third-order valence-electron chi connectivity index (χ3n) is 1.47. The number of amides is 1. The number of hydrogen-bond donors (Lipinski definition) is 2. The van der Waals surface area contributed by atoms with E-state index in [-0.39, 0.29) is 5.91 Å². The second kappa shape index (κ2) is 8.19. The Morgan fingerprint density at radius 3 is 2.62 bits per heavy atom. The molecule has 1 unspecified atom stereocenters. The summed E-state index contributed by atoms with van der Waals surface area (Å²) in [6.45, 7) is 3.94. The van der Waals surface area contributed by atoms with Gasteiger partial charge in [0.25, 0.3) is 0 Å². The Morgan fingerprint density at radius 1 is 1.38 bits per heavy atom. The standard InChI is InChI=1S/C8H18N2O2S/c1-3-10-8(11)4-5-9-6-7-13(2)12/h9H,3-7H2,1-2H3,(H,10,11). The quantitative estimate of drug-likeness (QED) is 0.551. The first-order valence-electron chi connectivity index (χ1n) is 4.44. The van der Waals surface area contributed by atoms with Crippen molar-refractivity contribution in [3.05, 3.63) is 0 Å². The molecular weight excluding hydrogens is 188 g/mol. The molecule has 0 saturated heterocycles. The van der Waals surface area contributed by atoms with Crippen molar-refractivity contribution < 1.29 is 9.00 Å². The van der Waals surface area contributed by atoms with Gasteiger partial charge in [-0.15, -0.1) is 0 Å². The van der Waals surface area contributed by atoms with Crippen molar-refractivity contribution in [2.45, 2.75) is 13.3 Å². The van der Waals surface area contributed by atoms with E-state index in [1.54, 1.807) is 6.26 Å². The van der Waals surface area contributed by atoms with Gasteiger partial charge in [0.15, 0.2) is 0 Å². The Hall–Kier alpha value is -0.420. The van der Waals surface area contributed by atoms with E-state index in [0.29, 0.717) is 31.8 Å². The molecule has 1 amide bonds. The van der Waals surface area contributed by atoms with Crippen LogP contribution < -0.4 is 10.6 Å². The van der Waals surface area contributed by atoms with Crippen LogP contribution in [0, 0.1) is 0 Å². The van der Waals surface area contributed by atoms with Gasteiger partial charge in [-0.05, 0) is 6.92 Å². The molecule has 0 radical (unpaired) electrons. The van der Waals surface area contributed by atoms with Crippen molar-refractivity contribution in [2.75, 3.05) is 31.6 Å². The second-order valence-electron chi connectivity index (χ2n) is 2.73. The van der Waals surface area contributed by atoms with Gasteiger partial charge in [0, 0.05) is 48.9 Å². The minimum atomic E-state index is -0.746. The Bertz CT molecular complexity index is 174. The fourth-order valence-electron chi connectivity index (χ4n) is 0.828. The highest BCUT2D eigenvalue weighted by Crippen LogP contribution is 1.77. The number of nitrogens with one attached hydrogen (secondary N) is 2. The lowest BCUT2D eigenvalue weighted by molar-refractivity contribution is -0.120. The highest BCUT2D eigenvalue weighted by Gasteiger charge is 1.97. The normalized spacial score (nSPS) is 12.5. The summed E-state index contributed by atoms with van der Waals surface area (Å²) in [6, 6.07) is 0. The summed E-state index contributed by atoms with van der Waals surface area (Å²) in [5.74, 6) is 0.711. The summed E-state index contributed by atoms with van der Waals surface area (Å²) in [4.78, 5) is 10.9. The SMILES string of the molecule is CCNC(=O)CCNCCS(C)=O. The van der Waals surface area contributed by atoms with E-state index < -0.39 is 10.8 Å². The third kappa shape index (κ3) is 9.49. The fraction of sp³-hybridized carbons (Fsp3) is 0.875. The van der Waals surface area contributed by atoms with Gasteiger partial charge in [0.05, 0.1) is 0 Å². The lowest BCUT2D eigenvalue weighted by Crippen LogP contribution is -2.28. The molecule has 0 aliphatic rings. The van der Waals surface area contributed by atoms with Crippen LogP contribution >= 0.6 is 0 Å². The second-order valence-corrected chi connectivity index (χ2v) is 4.29. The van der Waals surface area contributed by atoms with Gasteiger partial charge in [-0.1, -0.05) is 0 Å². The molecule has 0 aliphatic heterocycles. The number of hydrogen-bond acceptors (Lipinski definition) is 3. The van der Waals surface area contributed by atoms with Crippen LogP contribution in [-0.4, -0.2) is 41.8 Å². The average Bonchev–Trinajstić information content (AvgIpc) is 2.03. The van der Waals surface area contributed by atoms with Gasteiger partial charge < -0.3 is 10.6 Å². The molecule has 0 aliphatic carbocycles. The highest BCUT2D eigenvalue weighted by molar-refractivity contribution is 7.84. The molecular formula is C8H18N2O2S. The molecule has 4 nitrogen and oxygen atoms in total. The van der Waals surface area contributed by atoms with E-state index in [0.717, 1.165) is 0 Å². The molecule has 1 atom stereocenters. The first-order chi connectivity index (χ1) is 6.16. The van der Waals surface area contributed by atoms with Gasteiger partial charge in [0.1, 0.15) is 0 Å². The molecule has 0 saturated carbocycles. The average molecular weight is 206 g/mol. The minimum absolute atomic E-state index is 0.0626. The lowest BCUT2D eigenvalue weighted by Gasteiger charge is -2.03. The molecule has 0 aromatic rings. The van der Waals surface area contributed by atoms with Gasteiger partial charge in [-0.2, -0.15) is 0 Å². The van der Waals surface area contributed by atoms with Crippen molar-refractivity contribution in [1.29, 1.82) is 0 Å². The van der Waals surface area contributed by atoms with Gasteiger partial charge in [-0.25, -0.2) is 0 Å². The predicted molar refractivity (Wildman–Crippen MR) is 55.1 cm³/mol. The van der Waals surface area contributed by atoms with Crippen LogP contribution in [0.3, 0.4) is 0 Å². The molecule has 2 N–H and O–H groups in total. The maximum absolute atomic E-state index is 10.9. The molecule has 5 heteroatoms. The van der Waals surface area contributed by atoms with E-state index in [1.807, 2.05) is 6.92 Å². The summed E-state index contributed by atoms with van der Waals surface area (Å²) in [6.07, 6.45) is 2.16. The smallest absolute Gasteiger partial charge is 0.221 e. The number of rotatable bonds is 7. The van der Waals surface area contributed by atoms with Gasteiger partial charge in [0.2, 0.25) is 5.91 Å². The molecule has 0 rings (SSSR count). The summed E-state index contributed by atoms with van der Waals surface area (Å²) in [5, 5.41) is 5.76. The van der Waals surface area contributed by atoms with Crippen molar-refractivity contribution in [3.63, 3.8) is 0 Å². The van der Waals surface area contributed by atoms with Crippen molar-refractivity contribution in [3.8, 4) is 0 Å². The summed E-state index contributed by atoms with van der Waals surface area (Å²) < 4.78 is 10.6. The Kier molecular flexibility index (Phi) is 7.93. The maximum atomic E-state index is 10.9. The van der Waals surface area contributed by atoms with E-state index in [4.69, 9.17) is 0 Å². The summed E-state index contributed by atoms with van der Waals surface area (Å²) in [5.41, 5.74) is 0. The van der Waals surface area contributed by atoms with Crippen LogP contribution in [0.4, 0.5) is 0 Å².